The number of benzene rings is 2. The summed E-state index contributed by atoms with van der Waals surface area (Å²) < 4.78 is 5.60. The first-order valence-electron chi connectivity index (χ1n) is 11.5. The van der Waals surface area contributed by atoms with Gasteiger partial charge in [0.25, 0.3) is 5.91 Å². The Hall–Kier alpha value is -3.72. The minimum atomic E-state index is -0.889. The zero-order valence-electron chi connectivity index (χ0n) is 19.1. The maximum Gasteiger partial charge on any atom is 0.407 e. The quantitative estimate of drug-likeness (QED) is 0.533. The van der Waals surface area contributed by atoms with Crippen LogP contribution in [0.25, 0.3) is 11.1 Å². The third kappa shape index (κ3) is 4.51. The van der Waals surface area contributed by atoms with Gasteiger partial charge in [0.2, 0.25) is 0 Å². The van der Waals surface area contributed by atoms with Crippen molar-refractivity contribution in [2.45, 2.75) is 25.3 Å². The standard InChI is InChI=1S/C26H25N3O5S/c1-15(23-28-22(14-35-23)24(30)29-11-10-16(12-29)25(31)32)27-26(33)34-13-21-19-8-4-2-6-17(19)18-7-3-5-9-20(18)21/h2-9,14-16,21H,10-13H2,1H3,(H,27,33)(H,31,32). The number of carboxylic acid groups (broad SMARTS) is 1. The monoisotopic (exact) mass is 491 g/mol. The molecule has 35 heavy (non-hydrogen) atoms. The highest BCUT2D eigenvalue weighted by molar-refractivity contribution is 7.09. The molecule has 3 aromatic rings. The van der Waals surface area contributed by atoms with Crippen LogP contribution in [0.5, 0.6) is 0 Å². The summed E-state index contributed by atoms with van der Waals surface area (Å²) in [4.78, 5) is 42.3. The second kappa shape index (κ2) is 9.50. The molecule has 1 aromatic heterocycles. The number of carbonyl (C=O) groups excluding carboxylic acids is 2. The average molecular weight is 492 g/mol. The van der Waals surface area contributed by atoms with Crippen molar-refractivity contribution in [1.82, 2.24) is 15.2 Å². The molecule has 2 atom stereocenters. The van der Waals surface area contributed by atoms with Crippen LogP contribution in [-0.4, -0.2) is 52.7 Å². The first-order valence-corrected chi connectivity index (χ1v) is 12.4. The number of aliphatic carboxylic acids is 1. The van der Waals surface area contributed by atoms with Gasteiger partial charge < -0.3 is 20.1 Å². The summed E-state index contributed by atoms with van der Waals surface area (Å²) in [6, 6.07) is 15.9. The zero-order valence-corrected chi connectivity index (χ0v) is 20.0. The Bertz CT molecular complexity index is 1240. The maximum absolute atomic E-state index is 12.7. The Morgan fingerprint density at radius 2 is 1.80 bits per heavy atom. The van der Waals surface area contributed by atoms with Crippen LogP contribution in [0, 0.1) is 5.92 Å². The SMILES string of the molecule is CC(NC(=O)OCC1c2ccccc2-c2ccccc21)c1nc(C(=O)N2CCC(C(=O)O)C2)cs1. The van der Waals surface area contributed by atoms with Crippen LogP contribution in [0.15, 0.2) is 53.9 Å². The summed E-state index contributed by atoms with van der Waals surface area (Å²) in [6.45, 7) is 2.59. The van der Waals surface area contributed by atoms with Crippen molar-refractivity contribution in [2.75, 3.05) is 19.7 Å². The van der Waals surface area contributed by atoms with Gasteiger partial charge in [0, 0.05) is 24.4 Å². The zero-order chi connectivity index (χ0) is 24.5. The predicted octanol–water partition coefficient (Wildman–Crippen LogP) is 4.29. The number of fused-ring (bicyclic) bond motifs is 3. The van der Waals surface area contributed by atoms with Gasteiger partial charge in [0.15, 0.2) is 0 Å². The van der Waals surface area contributed by atoms with Gasteiger partial charge in [0.1, 0.15) is 17.3 Å². The number of thiazole rings is 1. The van der Waals surface area contributed by atoms with E-state index in [0.29, 0.717) is 18.0 Å². The highest BCUT2D eigenvalue weighted by Gasteiger charge is 2.33. The molecule has 5 rings (SSSR count). The molecule has 1 aliphatic heterocycles. The number of carboxylic acids is 1. The Labute approximate surface area is 206 Å². The third-order valence-electron chi connectivity index (χ3n) is 6.61. The summed E-state index contributed by atoms with van der Waals surface area (Å²) in [5.41, 5.74) is 4.88. The first-order chi connectivity index (χ1) is 16.9. The van der Waals surface area contributed by atoms with Crippen molar-refractivity contribution in [2.24, 2.45) is 5.92 Å². The highest BCUT2D eigenvalue weighted by Crippen LogP contribution is 2.44. The van der Waals surface area contributed by atoms with Crippen LogP contribution in [0.1, 0.15) is 51.9 Å². The number of likely N-dealkylation sites (tertiary alicyclic amines) is 1. The van der Waals surface area contributed by atoms with Gasteiger partial charge >= 0.3 is 12.1 Å². The van der Waals surface area contributed by atoms with E-state index in [2.05, 4.69) is 34.6 Å². The summed E-state index contributed by atoms with van der Waals surface area (Å²) >= 11 is 1.27. The summed E-state index contributed by atoms with van der Waals surface area (Å²) in [7, 11) is 0. The molecule has 2 aromatic carbocycles. The number of aromatic nitrogens is 1. The maximum atomic E-state index is 12.7. The van der Waals surface area contributed by atoms with E-state index in [9.17, 15) is 14.4 Å². The number of amides is 2. The summed E-state index contributed by atoms with van der Waals surface area (Å²) in [5.74, 6) is -1.74. The molecule has 0 saturated carbocycles. The van der Waals surface area contributed by atoms with E-state index in [-0.39, 0.29) is 30.7 Å². The number of hydrogen-bond acceptors (Lipinski definition) is 6. The molecular formula is C26H25N3O5S. The van der Waals surface area contributed by atoms with E-state index in [1.165, 1.54) is 16.2 Å². The molecule has 9 heteroatoms. The average Bonchev–Trinajstić information content (AvgIpc) is 3.60. The van der Waals surface area contributed by atoms with Gasteiger partial charge in [-0.05, 0) is 35.6 Å². The fourth-order valence-electron chi connectivity index (χ4n) is 4.77. The summed E-state index contributed by atoms with van der Waals surface area (Å²) in [5, 5.41) is 14.2. The van der Waals surface area contributed by atoms with Crippen LogP contribution in [0.3, 0.4) is 0 Å². The second-order valence-electron chi connectivity index (χ2n) is 8.84. The number of alkyl carbamates (subject to hydrolysis) is 1. The van der Waals surface area contributed by atoms with Crippen molar-refractivity contribution in [3.63, 3.8) is 0 Å². The second-order valence-corrected chi connectivity index (χ2v) is 9.73. The van der Waals surface area contributed by atoms with E-state index in [1.54, 1.807) is 12.3 Å². The first kappa shape index (κ1) is 23.0. The number of carbonyl (C=O) groups is 3. The lowest BCUT2D eigenvalue weighted by Gasteiger charge is -2.16. The van der Waals surface area contributed by atoms with Crippen LogP contribution in [0.4, 0.5) is 4.79 Å². The molecule has 2 amide bonds. The molecule has 2 unspecified atom stereocenters. The van der Waals surface area contributed by atoms with Gasteiger partial charge in [-0.15, -0.1) is 11.3 Å². The lowest BCUT2D eigenvalue weighted by Crippen LogP contribution is -2.31. The normalized spacial score (nSPS) is 17.5. The molecular weight excluding hydrogens is 466 g/mol. The van der Waals surface area contributed by atoms with E-state index < -0.39 is 24.0 Å². The minimum Gasteiger partial charge on any atom is -0.481 e. The van der Waals surface area contributed by atoms with Crippen LogP contribution in [-0.2, 0) is 9.53 Å². The molecule has 0 bridgehead atoms. The third-order valence-corrected chi connectivity index (χ3v) is 7.64. The number of hydrogen-bond donors (Lipinski definition) is 2. The Morgan fingerprint density at radius 1 is 1.14 bits per heavy atom. The lowest BCUT2D eigenvalue weighted by atomic mass is 9.98. The van der Waals surface area contributed by atoms with Crippen molar-refractivity contribution in [1.29, 1.82) is 0 Å². The lowest BCUT2D eigenvalue weighted by molar-refractivity contribution is -0.141. The number of ether oxygens (including phenoxy) is 1. The minimum absolute atomic E-state index is 0.0253. The van der Waals surface area contributed by atoms with Gasteiger partial charge in [-0.1, -0.05) is 48.5 Å². The fraction of sp³-hybridized carbons (Fsp3) is 0.308. The van der Waals surface area contributed by atoms with E-state index >= 15 is 0 Å². The smallest absolute Gasteiger partial charge is 0.407 e. The molecule has 8 nitrogen and oxygen atoms in total. The van der Waals surface area contributed by atoms with Gasteiger partial charge in [-0.25, -0.2) is 9.78 Å². The molecule has 1 fully saturated rings. The number of rotatable bonds is 6. The van der Waals surface area contributed by atoms with Crippen LogP contribution < -0.4 is 5.32 Å². The molecule has 0 spiro atoms. The van der Waals surface area contributed by atoms with Gasteiger partial charge in [-0.2, -0.15) is 0 Å². The fourth-order valence-corrected chi connectivity index (χ4v) is 5.57. The topological polar surface area (TPSA) is 109 Å². The van der Waals surface area contributed by atoms with Crippen LogP contribution >= 0.6 is 11.3 Å². The summed E-state index contributed by atoms with van der Waals surface area (Å²) in [6.07, 6.45) is -0.107. The predicted molar refractivity (Wildman–Crippen MR) is 130 cm³/mol. The van der Waals surface area contributed by atoms with Crippen LogP contribution in [0.2, 0.25) is 0 Å². The Balaban J connectivity index is 1.18. The molecule has 2 N–H and O–H groups in total. The van der Waals surface area contributed by atoms with E-state index in [4.69, 9.17) is 9.84 Å². The highest BCUT2D eigenvalue weighted by atomic mass is 32.1. The van der Waals surface area contributed by atoms with Gasteiger partial charge in [0.05, 0.1) is 12.0 Å². The van der Waals surface area contributed by atoms with Crippen molar-refractivity contribution >= 4 is 29.3 Å². The van der Waals surface area contributed by atoms with Crippen molar-refractivity contribution in [3.8, 4) is 11.1 Å². The molecule has 1 aliphatic carbocycles. The molecule has 0 radical (unpaired) electrons. The van der Waals surface area contributed by atoms with Gasteiger partial charge in [-0.3, -0.25) is 9.59 Å². The van der Waals surface area contributed by atoms with Crippen molar-refractivity contribution < 1.29 is 24.2 Å². The van der Waals surface area contributed by atoms with E-state index in [0.717, 1.165) is 22.3 Å². The number of nitrogens with one attached hydrogen (secondary N) is 1. The Kier molecular flexibility index (Phi) is 6.25. The Morgan fingerprint density at radius 3 is 2.43 bits per heavy atom. The molecule has 2 heterocycles. The number of nitrogens with zero attached hydrogens (tertiary/aromatic N) is 2. The van der Waals surface area contributed by atoms with E-state index in [1.807, 2.05) is 24.3 Å². The molecule has 180 valence electrons. The largest absolute Gasteiger partial charge is 0.481 e. The molecule has 2 aliphatic rings. The molecule has 1 saturated heterocycles. The van der Waals surface area contributed by atoms with Crippen molar-refractivity contribution in [3.05, 3.63) is 75.7 Å².